The topological polar surface area (TPSA) is 32.5 Å². The zero-order valence-electron chi connectivity index (χ0n) is 14.1. The predicted molar refractivity (Wildman–Crippen MR) is 97.1 cm³/mol. The third-order valence-corrected chi connectivity index (χ3v) is 4.48. The normalized spacial score (nSPS) is 14.3. The third kappa shape index (κ3) is 5.61. The summed E-state index contributed by atoms with van der Waals surface area (Å²) in [5.74, 6) is 0. The zero-order valence-corrected chi connectivity index (χ0v) is 15.7. The second-order valence-corrected chi connectivity index (χ2v) is 6.91. The lowest BCUT2D eigenvalue weighted by Gasteiger charge is -2.33. The summed E-state index contributed by atoms with van der Waals surface area (Å²) in [7, 11) is 4.24. The van der Waals surface area contributed by atoms with Gasteiger partial charge in [-0.2, -0.15) is 0 Å². The maximum atomic E-state index is 6.05. The van der Waals surface area contributed by atoms with Crippen molar-refractivity contribution in [1.29, 1.82) is 0 Å². The minimum Gasteiger partial charge on any atom is -0.367 e. The second kappa shape index (κ2) is 8.76. The van der Waals surface area contributed by atoms with Crippen molar-refractivity contribution in [3.8, 4) is 0 Å². The number of benzene rings is 1. The molecule has 4 heteroatoms. The van der Waals surface area contributed by atoms with E-state index < -0.39 is 0 Å². The minimum absolute atomic E-state index is 0.248. The Balaban J connectivity index is 2.90. The van der Waals surface area contributed by atoms with Gasteiger partial charge in [0.2, 0.25) is 0 Å². The summed E-state index contributed by atoms with van der Waals surface area (Å²) in [6.07, 6.45) is 1.95. The van der Waals surface area contributed by atoms with Crippen LogP contribution in [0.25, 0.3) is 0 Å². The summed E-state index contributed by atoms with van der Waals surface area (Å²) in [6.45, 7) is 8.66. The van der Waals surface area contributed by atoms with Crippen molar-refractivity contribution in [2.75, 3.05) is 32.1 Å². The van der Waals surface area contributed by atoms with Gasteiger partial charge in [-0.15, -0.1) is 0 Å². The molecule has 0 radical (unpaired) electrons. The lowest BCUT2D eigenvalue weighted by atomic mass is 10.0. The van der Waals surface area contributed by atoms with Gasteiger partial charge in [-0.3, -0.25) is 0 Å². The Kier molecular flexibility index (Phi) is 7.71. The fourth-order valence-corrected chi connectivity index (χ4v) is 3.36. The van der Waals surface area contributed by atoms with Crippen LogP contribution in [-0.4, -0.2) is 44.2 Å². The van der Waals surface area contributed by atoms with Gasteiger partial charge < -0.3 is 15.5 Å². The van der Waals surface area contributed by atoms with E-state index in [-0.39, 0.29) is 6.04 Å². The van der Waals surface area contributed by atoms with E-state index in [0.29, 0.717) is 6.04 Å². The van der Waals surface area contributed by atoms with Gasteiger partial charge in [-0.05, 0) is 74.4 Å². The van der Waals surface area contributed by atoms with Crippen LogP contribution in [0.5, 0.6) is 0 Å². The first-order valence-corrected chi connectivity index (χ1v) is 8.63. The molecule has 21 heavy (non-hydrogen) atoms. The molecular formula is C17H30BrN3. The van der Waals surface area contributed by atoms with E-state index in [1.807, 2.05) is 0 Å². The highest BCUT2D eigenvalue weighted by Crippen LogP contribution is 2.29. The van der Waals surface area contributed by atoms with Gasteiger partial charge in [-0.1, -0.05) is 13.0 Å². The number of hydrogen-bond donors (Lipinski definition) is 1. The lowest BCUT2D eigenvalue weighted by Crippen LogP contribution is -2.40. The summed E-state index contributed by atoms with van der Waals surface area (Å²) in [4.78, 5) is 4.67. The maximum absolute atomic E-state index is 6.05. The summed E-state index contributed by atoms with van der Waals surface area (Å²) in [6, 6.07) is 7.37. The van der Waals surface area contributed by atoms with Crippen molar-refractivity contribution in [3.05, 3.63) is 28.2 Å². The number of likely N-dealkylation sites (N-methyl/N-ethyl adjacent to an activating group) is 2. The Labute approximate surface area is 138 Å². The molecular weight excluding hydrogens is 326 g/mol. The van der Waals surface area contributed by atoms with E-state index in [0.717, 1.165) is 30.4 Å². The van der Waals surface area contributed by atoms with Crippen LogP contribution in [0, 0.1) is 0 Å². The molecule has 0 saturated heterocycles. The molecule has 2 atom stereocenters. The van der Waals surface area contributed by atoms with Crippen LogP contribution in [0.15, 0.2) is 22.7 Å². The summed E-state index contributed by atoms with van der Waals surface area (Å²) < 4.78 is 1.16. The molecule has 0 aromatic heterocycles. The standard InChI is InChI=1S/C17H30BrN3/c1-6-15(19)10-14-8-9-17(16(18)11-14)21(7-2)13(3)12-20(4)5/h8-9,11,13,15H,6-7,10,12,19H2,1-5H3. The summed E-state index contributed by atoms with van der Waals surface area (Å²) in [5, 5.41) is 0. The first-order valence-electron chi connectivity index (χ1n) is 7.84. The molecule has 0 saturated carbocycles. The molecule has 2 N–H and O–H groups in total. The molecule has 1 rings (SSSR count). The average molecular weight is 356 g/mol. The molecule has 0 aliphatic carbocycles. The molecule has 0 bridgehead atoms. The Morgan fingerprint density at radius 3 is 2.38 bits per heavy atom. The van der Waals surface area contributed by atoms with Crippen molar-refractivity contribution < 1.29 is 0 Å². The molecule has 0 fully saturated rings. The fourth-order valence-electron chi connectivity index (χ4n) is 2.70. The molecule has 2 unspecified atom stereocenters. The van der Waals surface area contributed by atoms with Crippen molar-refractivity contribution in [2.24, 2.45) is 5.73 Å². The molecule has 0 aliphatic heterocycles. The zero-order chi connectivity index (χ0) is 16.0. The maximum Gasteiger partial charge on any atom is 0.0513 e. The van der Waals surface area contributed by atoms with Crippen LogP contribution in [-0.2, 0) is 6.42 Å². The molecule has 120 valence electrons. The molecule has 3 nitrogen and oxygen atoms in total. The van der Waals surface area contributed by atoms with Gasteiger partial charge in [0.1, 0.15) is 0 Å². The highest BCUT2D eigenvalue weighted by atomic mass is 79.9. The highest BCUT2D eigenvalue weighted by Gasteiger charge is 2.16. The van der Waals surface area contributed by atoms with E-state index in [4.69, 9.17) is 5.73 Å². The van der Waals surface area contributed by atoms with E-state index in [2.05, 4.69) is 78.8 Å². The Bertz CT molecular complexity index is 434. The van der Waals surface area contributed by atoms with Gasteiger partial charge >= 0.3 is 0 Å². The molecule has 0 amide bonds. The largest absolute Gasteiger partial charge is 0.367 e. The van der Waals surface area contributed by atoms with Gasteiger partial charge in [0, 0.05) is 29.6 Å². The minimum atomic E-state index is 0.248. The van der Waals surface area contributed by atoms with Gasteiger partial charge in [0.25, 0.3) is 0 Å². The quantitative estimate of drug-likeness (QED) is 0.774. The van der Waals surface area contributed by atoms with Crippen LogP contribution in [0.1, 0.15) is 32.8 Å². The SMILES string of the molecule is CCC(N)Cc1ccc(N(CC)C(C)CN(C)C)c(Br)c1. The lowest BCUT2D eigenvalue weighted by molar-refractivity contribution is 0.373. The average Bonchev–Trinajstić information content (AvgIpc) is 2.41. The number of halogens is 1. The third-order valence-electron chi connectivity index (χ3n) is 3.85. The molecule has 0 spiro atoms. The second-order valence-electron chi connectivity index (χ2n) is 6.06. The monoisotopic (exact) mass is 355 g/mol. The number of nitrogens with two attached hydrogens (primary N) is 1. The van der Waals surface area contributed by atoms with Crippen molar-refractivity contribution in [3.63, 3.8) is 0 Å². The van der Waals surface area contributed by atoms with E-state index >= 15 is 0 Å². The summed E-state index contributed by atoms with van der Waals surface area (Å²) >= 11 is 3.74. The smallest absolute Gasteiger partial charge is 0.0513 e. The number of anilines is 1. The van der Waals surface area contributed by atoms with Crippen LogP contribution in [0.2, 0.25) is 0 Å². The van der Waals surface area contributed by atoms with Crippen LogP contribution < -0.4 is 10.6 Å². The van der Waals surface area contributed by atoms with Crippen molar-refractivity contribution in [1.82, 2.24) is 4.90 Å². The predicted octanol–water partition coefficient (Wildman–Crippen LogP) is 3.51. The highest BCUT2D eigenvalue weighted by molar-refractivity contribution is 9.10. The molecule has 0 aliphatic rings. The van der Waals surface area contributed by atoms with Crippen LogP contribution in [0.4, 0.5) is 5.69 Å². The number of hydrogen-bond acceptors (Lipinski definition) is 3. The van der Waals surface area contributed by atoms with E-state index in [1.54, 1.807) is 0 Å². The van der Waals surface area contributed by atoms with Crippen LogP contribution >= 0.6 is 15.9 Å². The van der Waals surface area contributed by atoms with Crippen molar-refractivity contribution >= 4 is 21.6 Å². The van der Waals surface area contributed by atoms with Gasteiger partial charge in [0.05, 0.1) is 5.69 Å². The Morgan fingerprint density at radius 2 is 1.90 bits per heavy atom. The van der Waals surface area contributed by atoms with Gasteiger partial charge in [-0.25, -0.2) is 0 Å². The number of rotatable bonds is 8. The summed E-state index contributed by atoms with van der Waals surface area (Å²) in [5.41, 5.74) is 8.62. The first kappa shape index (κ1) is 18.5. The van der Waals surface area contributed by atoms with E-state index in [1.165, 1.54) is 11.3 Å². The first-order chi connectivity index (χ1) is 9.88. The van der Waals surface area contributed by atoms with Gasteiger partial charge in [0.15, 0.2) is 0 Å². The fraction of sp³-hybridized carbons (Fsp3) is 0.647. The van der Waals surface area contributed by atoms with Crippen molar-refractivity contribution in [2.45, 2.75) is 45.7 Å². The Morgan fingerprint density at radius 1 is 1.24 bits per heavy atom. The molecule has 1 aromatic rings. The van der Waals surface area contributed by atoms with Crippen LogP contribution in [0.3, 0.4) is 0 Å². The molecule has 1 aromatic carbocycles. The van der Waals surface area contributed by atoms with E-state index in [9.17, 15) is 0 Å². The Hall–Kier alpha value is -0.580. The number of nitrogens with zero attached hydrogens (tertiary/aromatic N) is 2. The molecule has 0 heterocycles.